The molecular weight excluding hydrogens is 200 g/mol. The van der Waals surface area contributed by atoms with Crippen LogP contribution in [0.4, 0.5) is 0 Å². The molecule has 16 heavy (non-hydrogen) atoms. The zero-order valence-electron chi connectivity index (χ0n) is 11.0. The van der Waals surface area contributed by atoms with E-state index < -0.39 is 0 Å². The van der Waals surface area contributed by atoms with E-state index in [0.717, 1.165) is 23.9 Å². The molecule has 1 saturated heterocycles. The lowest BCUT2D eigenvalue weighted by molar-refractivity contribution is 0.168. The van der Waals surface area contributed by atoms with Crippen LogP contribution >= 0.6 is 0 Å². The van der Waals surface area contributed by atoms with Crippen LogP contribution in [0.15, 0.2) is 10.6 Å². The smallest absolute Gasteiger partial charge is 0.150 e. The van der Waals surface area contributed by atoms with Gasteiger partial charge in [0.2, 0.25) is 0 Å². The van der Waals surface area contributed by atoms with Crippen molar-refractivity contribution in [1.82, 2.24) is 10.1 Å². The maximum absolute atomic E-state index is 5.20. The molecule has 1 aromatic heterocycles. The Morgan fingerprint density at radius 1 is 1.38 bits per heavy atom. The van der Waals surface area contributed by atoms with Gasteiger partial charge in [-0.3, -0.25) is 4.90 Å². The van der Waals surface area contributed by atoms with Crippen LogP contribution < -0.4 is 0 Å². The zero-order valence-corrected chi connectivity index (χ0v) is 11.0. The lowest BCUT2D eigenvalue weighted by atomic mass is 9.99. The molecule has 0 radical (unpaired) electrons. The van der Waals surface area contributed by atoms with Gasteiger partial charge in [-0.05, 0) is 38.8 Å². The Labute approximate surface area is 98.8 Å². The van der Waals surface area contributed by atoms with Crippen molar-refractivity contribution in [3.05, 3.63) is 17.5 Å². The summed E-state index contributed by atoms with van der Waals surface area (Å²) >= 11 is 0. The molecule has 1 aliphatic rings. The molecule has 0 spiro atoms. The molecular formula is C13H24N2O. The first kappa shape index (κ1) is 13.2. The summed E-state index contributed by atoms with van der Waals surface area (Å²) in [5.74, 6) is 1.89. The van der Waals surface area contributed by atoms with Crippen LogP contribution in [0.25, 0.3) is 0 Å². The minimum Gasteiger partial charge on any atom is -0.360 e. The summed E-state index contributed by atoms with van der Waals surface area (Å²) in [6.45, 7) is 11.6. The fraction of sp³-hybridized carbons (Fsp3) is 0.769. The highest BCUT2D eigenvalue weighted by atomic mass is 16.5. The monoisotopic (exact) mass is 224 g/mol. The number of rotatable bonds is 2. The van der Waals surface area contributed by atoms with E-state index in [1.807, 2.05) is 26.8 Å². The van der Waals surface area contributed by atoms with Crippen LogP contribution in [-0.2, 0) is 6.54 Å². The minimum atomic E-state index is 0.891. The SMILES string of the molecule is CC.Cc1cc(CN2CCC(C)CC2)on1. The summed E-state index contributed by atoms with van der Waals surface area (Å²) in [5, 5.41) is 3.90. The van der Waals surface area contributed by atoms with E-state index in [1.165, 1.54) is 25.9 Å². The maximum Gasteiger partial charge on any atom is 0.150 e. The Balaban J connectivity index is 0.000000606. The molecule has 2 rings (SSSR count). The molecule has 3 nitrogen and oxygen atoms in total. The van der Waals surface area contributed by atoms with Crippen molar-refractivity contribution in [2.45, 2.75) is 47.1 Å². The first-order valence-electron chi connectivity index (χ1n) is 6.38. The Bertz CT molecular complexity index is 288. The van der Waals surface area contributed by atoms with E-state index in [9.17, 15) is 0 Å². The second-order valence-electron chi connectivity index (χ2n) is 4.39. The van der Waals surface area contributed by atoms with Crippen molar-refractivity contribution in [2.24, 2.45) is 5.92 Å². The second kappa shape index (κ2) is 6.69. The van der Waals surface area contributed by atoms with Gasteiger partial charge in [0.15, 0.2) is 5.76 Å². The Kier molecular flexibility index (Phi) is 5.53. The van der Waals surface area contributed by atoms with Crippen molar-refractivity contribution in [3.63, 3.8) is 0 Å². The van der Waals surface area contributed by atoms with E-state index >= 15 is 0 Å². The third kappa shape index (κ3) is 3.97. The summed E-state index contributed by atoms with van der Waals surface area (Å²) in [6, 6.07) is 2.03. The summed E-state index contributed by atoms with van der Waals surface area (Å²) in [5.41, 5.74) is 0.977. The van der Waals surface area contributed by atoms with Crippen molar-refractivity contribution in [1.29, 1.82) is 0 Å². The molecule has 0 amide bonds. The molecule has 2 heterocycles. The fourth-order valence-corrected chi connectivity index (χ4v) is 1.93. The first-order valence-corrected chi connectivity index (χ1v) is 6.38. The summed E-state index contributed by atoms with van der Waals surface area (Å²) in [6.07, 6.45) is 2.63. The van der Waals surface area contributed by atoms with Crippen LogP contribution in [0.5, 0.6) is 0 Å². The summed E-state index contributed by atoms with van der Waals surface area (Å²) < 4.78 is 5.20. The topological polar surface area (TPSA) is 29.3 Å². The Morgan fingerprint density at radius 2 is 2.00 bits per heavy atom. The van der Waals surface area contributed by atoms with Crippen LogP contribution in [0, 0.1) is 12.8 Å². The van der Waals surface area contributed by atoms with E-state index in [0.29, 0.717) is 0 Å². The standard InChI is InChI=1S/C11H18N2O.C2H6/c1-9-3-5-13(6-4-9)8-11-7-10(2)12-14-11;1-2/h7,9H,3-6,8H2,1-2H3;1-2H3. The zero-order chi connectivity index (χ0) is 12.0. The lowest BCUT2D eigenvalue weighted by Crippen LogP contribution is -2.32. The molecule has 1 fully saturated rings. The van der Waals surface area contributed by atoms with Crippen molar-refractivity contribution in [2.75, 3.05) is 13.1 Å². The van der Waals surface area contributed by atoms with Crippen LogP contribution in [0.1, 0.15) is 45.1 Å². The fourth-order valence-electron chi connectivity index (χ4n) is 1.93. The van der Waals surface area contributed by atoms with Gasteiger partial charge in [-0.1, -0.05) is 25.9 Å². The molecule has 0 aliphatic carbocycles. The van der Waals surface area contributed by atoms with E-state index in [2.05, 4.69) is 17.0 Å². The van der Waals surface area contributed by atoms with E-state index in [1.54, 1.807) is 0 Å². The molecule has 1 aliphatic heterocycles. The second-order valence-corrected chi connectivity index (χ2v) is 4.39. The average Bonchev–Trinajstić information content (AvgIpc) is 2.70. The van der Waals surface area contributed by atoms with Gasteiger partial charge in [-0.25, -0.2) is 0 Å². The van der Waals surface area contributed by atoms with Gasteiger partial charge in [-0.15, -0.1) is 0 Å². The highest BCUT2D eigenvalue weighted by molar-refractivity contribution is 5.02. The van der Waals surface area contributed by atoms with Gasteiger partial charge >= 0.3 is 0 Å². The van der Waals surface area contributed by atoms with Gasteiger partial charge in [0.1, 0.15) is 0 Å². The largest absolute Gasteiger partial charge is 0.360 e. The van der Waals surface area contributed by atoms with E-state index in [4.69, 9.17) is 4.52 Å². The molecule has 3 heteroatoms. The van der Waals surface area contributed by atoms with Crippen LogP contribution in [0.3, 0.4) is 0 Å². The molecule has 1 aromatic rings. The third-order valence-corrected chi connectivity index (χ3v) is 2.93. The van der Waals surface area contributed by atoms with Gasteiger partial charge in [0.05, 0.1) is 12.2 Å². The maximum atomic E-state index is 5.20. The van der Waals surface area contributed by atoms with Crippen molar-refractivity contribution in [3.8, 4) is 0 Å². The third-order valence-electron chi connectivity index (χ3n) is 2.93. The van der Waals surface area contributed by atoms with E-state index in [-0.39, 0.29) is 0 Å². The summed E-state index contributed by atoms with van der Waals surface area (Å²) in [4.78, 5) is 2.44. The molecule has 0 aromatic carbocycles. The highest BCUT2D eigenvalue weighted by Crippen LogP contribution is 2.18. The van der Waals surface area contributed by atoms with Gasteiger partial charge < -0.3 is 4.52 Å². The van der Waals surface area contributed by atoms with Crippen LogP contribution in [-0.4, -0.2) is 23.1 Å². The van der Waals surface area contributed by atoms with Gasteiger partial charge in [0.25, 0.3) is 0 Å². The first-order chi connectivity index (χ1) is 7.74. The van der Waals surface area contributed by atoms with Crippen molar-refractivity contribution < 1.29 is 4.52 Å². The normalized spacial score (nSPS) is 18.0. The van der Waals surface area contributed by atoms with Gasteiger partial charge in [-0.2, -0.15) is 0 Å². The molecule has 0 bridgehead atoms. The number of nitrogens with zero attached hydrogens (tertiary/aromatic N) is 2. The molecule has 0 saturated carbocycles. The van der Waals surface area contributed by atoms with Gasteiger partial charge in [0, 0.05) is 6.07 Å². The lowest BCUT2D eigenvalue weighted by Gasteiger charge is -2.29. The number of aryl methyl sites for hydroxylation is 1. The predicted octanol–water partition coefficient (Wildman–Crippen LogP) is 3.24. The van der Waals surface area contributed by atoms with Crippen molar-refractivity contribution >= 4 is 0 Å². The number of aromatic nitrogens is 1. The quantitative estimate of drug-likeness (QED) is 0.772. The molecule has 0 N–H and O–H groups in total. The highest BCUT2D eigenvalue weighted by Gasteiger charge is 2.16. The number of hydrogen-bond acceptors (Lipinski definition) is 3. The summed E-state index contributed by atoms with van der Waals surface area (Å²) in [7, 11) is 0. The minimum absolute atomic E-state index is 0.891. The molecule has 92 valence electrons. The molecule has 0 atom stereocenters. The number of hydrogen-bond donors (Lipinski definition) is 0. The van der Waals surface area contributed by atoms with Crippen LogP contribution in [0.2, 0.25) is 0 Å². The number of piperidine rings is 1. The average molecular weight is 224 g/mol. The Morgan fingerprint density at radius 3 is 2.50 bits per heavy atom. The number of likely N-dealkylation sites (tertiary alicyclic amines) is 1. The Hall–Kier alpha value is -0.830. The predicted molar refractivity (Wildman–Crippen MR) is 66.3 cm³/mol. The molecule has 0 unspecified atom stereocenters.